The van der Waals surface area contributed by atoms with Crippen molar-refractivity contribution in [2.75, 3.05) is 36.6 Å². The molecule has 1 saturated carbocycles. The molecule has 1 aromatic carbocycles. The van der Waals surface area contributed by atoms with E-state index in [-0.39, 0.29) is 30.0 Å². The van der Waals surface area contributed by atoms with E-state index >= 15 is 0 Å². The summed E-state index contributed by atoms with van der Waals surface area (Å²) in [5.74, 6) is 5.02. The van der Waals surface area contributed by atoms with E-state index in [2.05, 4.69) is 21.8 Å². The van der Waals surface area contributed by atoms with E-state index in [1.807, 2.05) is 11.9 Å². The van der Waals surface area contributed by atoms with Crippen molar-refractivity contribution in [3.8, 4) is 17.6 Å². The molecule has 1 aliphatic carbocycles. The normalized spacial score (nSPS) is 23.4. The number of aliphatic hydroxyl groups excluding tert-OH is 2. The Labute approximate surface area is 212 Å². The lowest BCUT2D eigenvalue weighted by molar-refractivity contribution is 0.00631. The highest BCUT2D eigenvalue weighted by molar-refractivity contribution is 7.89. The molecule has 0 unspecified atom stereocenters. The first-order chi connectivity index (χ1) is 17.5. The van der Waals surface area contributed by atoms with E-state index in [1.54, 1.807) is 16.8 Å². The van der Waals surface area contributed by atoms with Crippen LogP contribution in [0.25, 0.3) is 11.0 Å². The highest BCUT2D eigenvalue weighted by Crippen LogP contribution is 2.40. The van der Waals surface area contributed by atoms with Crippen molar-refractivity contribution in [1.82, 2.24) is 14.5 Å². The molecule has 11 nitrogen and oxygen atoms in total. The van der Waals surface area contributed by atoms with Crippen molar-refractivity contribution < 1.29 is 27.8 Å². The molecule has 0 amide bonds. The van der Waals surface area contributed by atoms with Crippen LogP contribution in [-0.2, 0) is 10.0 Å². The first-order valence-corrected chi connectivity index (χ1v) is 13.4. The number of benzene rings is 1. The molecule has 4 atom stereocenters. The highest BCUT2D eigenvalue weighted by atomic mass is 32.2. The summed E-state index contributed by atoms with van der Waals surface area (Å²) in [5, 5.41) is 26.9. The zero-order valence-electron chi connectivity index (χ0n) is 20.0. The Morgan fingerprint density at radius 2 is 2.03 bits per heavy atom. The molecule has 5 rings (SSSR count). The number of nitrogen functional groups attached to an aromatic ring is 1. The van der Waals surface area contributed by atoms with Crippen LogP contribution in [0.5, 0.6) is 5.75 Å². The van der Waals surface area contributed by atoms with Gasteiger partial charge in [0.15, 0.2) is 5.75 Å². The van der Waals surface area contributed by atoms with Gasteiger partial charge in [-0.15, -0.1) is 0 Å². The van der Waals surface area contributed by atoms with Crippen molar-refractivity contribution in [1.29, 1.82) is 0 Å². The number of hydrogen-bond acceptors (Lipinski definition) is 9. The van der Waals surface area contributed by atoms with E-state index in [0.717, 1.165) is 5.69 Å². The quantitative estimate of drug-likeness (QED) is 0.347. The van der Waals surface area contributed by atoms with Crippen LogP contribution in [0.1, 0.15) is 30.0 Å². The molecule has 0 spiro atoms. The first kappa shape index (κ1) is 25.2. The van der Waals surface area contributed by atoms with Crippen molar-refractivity contribution in [3.05, 3.63) is 41.6 Å². The predicted molar refractivity (Wildman–Crippen MR) is 135 cm³/mol. The molecule has 0 radical (unpaired) electrons. The standard InChI is InChI=1S/C24H27FN6O5S/c1-30-7-8-36-22-15(16(25)4-5-17(22)30)3-2-14-11-31(24-19(14)23(26)28-12-29-24)18-10-13(20(32)21(18)33)6-9-37(27,34)35/h4-5,11-13,18,20-21,32-33H,6-10H2,1H3,(H2,26,28,29)(H2,27,34,35)/t13-,18-,20-,21+/m1/s1. The monoisotopic (exact) mass is 530 g/mol. The Bertz CT molecular complexity index is 1530. The second-order valence-corrected chi connectivity index (χ2v) is 11.1. The lowest BCUT2D eigenvalue weighted by Gasteiger charge is -2.28. The van der Waals surface area contributed by atoms with Crippen LogP contribution in [0.2, 0.25) is 0 Å². The molecule has 196 valence electrons. The van der Waals surface area contributed by atoms with Crippen LogP contribution in [0.15, 0.2) is 24.7 Å². The largest absolute Gasteiger partial charge is 0.488 e. The second kappa shape index (κ2) is 9.46. The van der Waals surface area contributed by atoms with E-state index in [4.69, 9.17) is 15.6 Å². The highest BCUT2D eigenvalue weighted by Gasteiger charge is 2.43. The summed E-state index contributed by atoms with van der Waals surface area (Å²) < 4.78 is 45.0. The molecule has 1 aliphatic heterocycles. The summed E-state index contributed by atoms with van der Waals surface area (Å²) in [5.41, 5.74) is 7.78. The number of halogens is 1. The maximum absolute atomic E-state index is 14.8. The van der Waals surface area contributed by atoms with Crippen LogP contribution < -0.4 is 20.5 Å². The van der Waals surface area contributed by atoms with Gasteiger partial charge in [-0.05, 0) is 30.9 Å². The third-order valence-electron chi connectivity index (χ3n) is 7.03. The number of primary sulfonamides is 1. The van der Waals surface area contributed by atoms with E-state index in [9.17, 15) is 23.0 Å². The molecule has 13 heteroatoms. The van der Waals surface area contributed by atoms with Gasteiger partial charge in [-0.3, -0.25) is 0 Å². The summed E-state index contributed by atoms with van der Waals surface area (Å²) >= 11 is 0. The number of hydrogen-bond donors (Lipinski definition) is 4. The van der Waals surface area contributed by atoms with Crippen molar-refractivity contribution in [3.63, 3.8) is 0 Å². The number of fused-ring (bicyclic) bond motifs is 2. The number of ether oxygens (including phenoxy) is 1. The number of nitrogens with two attached hydrogens (primary N) is 2. The lowest BCUT2D eigenvalue weighted by atomic mass is 10.0. The van der Waals surface area contributed by atoms with Crippen LogP contribution in [0, 0.1) is 23.6 Å². The van der Waals surface area contributed by atoms with Crippen molar-refractivity contribution in [2.45, 2.75) is 31.1 Å². The minimum Gasteiger partial charge on any atom is -0.488 e. The number of nitrogens with zero attached hydrogens (tertiary/aromatic N) is 4. The average Bonchev–Trinajstić information content (AvgIpc) is 3.35. The molecular weight excluding hydrogens is 503 g/mol. The SMILES string of the molecule is CN1CCOc2c1ccc(F)c2C#Cc1cn([C@@H]2C[C@@H](CCS(N)(=O)=O)[C@@H](O)[C@H]2O)c2ncnc(N)c12. The Hall–Kier alpha value is -3.44. The number of likely N-dealkylation sites (N-methyl/N-ethyl adjacent to an activating group) is 1. The lowest BCUT2D eigenvalue weighted by Crippen LogP contribution is -2.30. The van der Waals surface area contributed by atoms with Gasteiger partial charge in [-0.2, -0.15) is 0 Å². The molecule has 2 aromatic heterocycles. The molecule has 37 heavy (non-hydrogen) atoms. The third kappa shape index (κ3) is 4.69. The van der Waals surface area contributed by atoms with Gasteiger partial charge in [-0.25, -0.2) is 27.9 Å². The van der Waals surface area contributed by atoms with Crippen LogP contribution in [-0.4, -0.2) is 71.3 Å². The van der Waals surface area contributed by atoms with Gasteiger partial charge in [0, 0.05) is 13.2 Å². The molecule has 3 heterocycles. The van der Waals surface area contributed by atoms with Gasteiger partial charge in [0.2, 0.25) is 10.0 Å². The van der Waals surface area contributed by atoms with Crippen molar-refractivity contribution >= 4 is 32.6 Å². The fraction of sp³-hybridized carbons (Fsp3) is 0.417. The predicted octanol–water partition coefficient (Wildman–Crippen LogP) is 0.342. The summed E-state index contributed by atoms with van der Waals surface area (Å²) in [6, 6.07) is 2.35. The van der Waals surface area contributed by atoms with Gasteiger partial charge >= 0.3 is 0 Å². The summed E-state index contributed by atoms with van der Waals surface area (Å²) in [6.07, 6.45) is 0.935. The zero-order chi connectivity index (χ0) is 26.5. The maximum Gasteiger partial charge on any atom is 0.209 e. The molecule has 2 aliphatic rings. The fourth-order valence-corrected chi connectivity index (χ4v) is 5.71. The summed E-state index contributed by atoms with van der Waals surface area (Å²) in [4.78, 5) is 10.3. The molecule has 1 fully saturated rings. The number of rotatable bonds is 4. The Morgan fingerprint density at radius 1 is 1.24 bits per heavy atom. The molecular formula is C24H27FN6O5S. The molecule has 0 bridgehead atoms. The number of aromatic nitrogens is 3. The Kier molecular flexibility index (Phi) is 6.45. The van der Waals surface area contributed by atoms with Crippen LogP contribution in [0.4, 0.5) is 15.9 Å². The molecule has 0 saturated heterocycles. The minimum absolute atomic E-state index is 0.101. The molecule has 6 N–H and O–H groups in total. The van der Waals surface area contributed by atoms with E-state index < -0.39 is 40.0 Å². The Morgan fingerprint density at radius 3 is 2.78 bits per heavy atom. The van der Waals surface area contributed by atoms with Gasteiger partial charge in [0.25, 0.3) is 0 Å². The number of aliphatic hydroxyl groups is 2. The van der Waals surface area contributed by atoms with Gasteiger partial charge < -0.3 is 30.2 Å². The second-order valence-electron chi connectivity index (χ2n) is 9.40. The molecule has 3 aromatic rings. The average molecular weight is 531 g/mol. The maximum atomic E-state index is 14.8. The summed E-state index contributed by atoms with van der Waals surface area (Å²) in [7, 11) is -1.83. The first-order valence-electron chi connectivity index (χ1n) is 11.7. The van der Waals surface area contributed by atoms with Crippen molar-refractivity contribution in [2.24, 2.45) is 11.1 Å². The van der Waals surface area contributed by atoms with E-state index in [1.165, 1.54) is 12.4 Å². The number of anilines is 2. The van der Waals surface area contributed by atoms with E-state index in [0.29, 0.717) is 35.5 Å². The topological polar surface area (TPSA) is 170 Å². The Balaban J connectivity index is 1.55. The van der Waals surface area contributed by atoms with Gasteiger partial charge in [0.05, 0.1) is 41.1 Å². The van der Waals surface area contributed by atoms with Gasteiger partial charge in [0.1, 0.15) is 41.9 Å². The number of sulfonamides is 1. The van der Waals surface area contributed by atoms with Gasteiger partial charge in [-0.1, -0.05) is 11.8 Å². The van der Waals surface area contributed by atoms with Crippen LogP contribution in [0.3, 0.4) is 0 Å². The zero-order valence-corrected chi connectivity index (χ0v) is 20.8. The third-order valence-corrected chi connectivity index (χ3v) is 7.84. The fourth-order valence-electron chi connectivity index (χ4n) is 5.08. The smallest absolute Gasteiger partial charge is 0.209 e. The summed E-state index contributed by atoms with van der Waals surface area (Å²) in [6.45, 7) is 1.07. The minimum atomic E-state index is -3.72. The van der Waals surface area contributed by atoms with Crippen LogP contribution >= 0.6 is 0 Å².